The molecule has 2 amide bonds. The van der Waals surface area contributed by atoms with Gasteiger partial charge in [0.15, 0.2) is 6.10 Å². The second kappa shape index (κ2) is 12.5. The van der Waals surface area contributed by atoms with Crippen LogP contribution in [0.5, 0.6) is 0 Å². The molecule has 0 aliphatic carbocycles. The number of carbonyl (C=O) groups excluding carboxylic acids is 3. The lowest BCUT2D eigenvalue weighted by atomic mass is 10.2. The van der Waals surface area contributed by atoms with Gasteiger partial charge in [-0.05, 0) is 21.0 Å². The average molecular weight is 600 g/mol. The Morgan fingerprint density at radius 3 is 1.83 bits per heavy atom. The van der Waals surface area contributed by atoms with Crippen LogP contribution in [0.15, 0.2) is 91.0 Å². The SMILES string of the molecule is CC(C)(C)[Si](OC[C@@H]1C[C@H](OC(=O)C(F)(F)F)C(=O)N1C(=O)OCc1ccccc1)(c1ccccc1)c1ccccc1. The van der Waals surface area contributed by atoms with Crippen molar-refractivity contribution in [2.75, 3.05) is 6.61 Å². The topological polar surface area (TPSA) is 82.1 Å². The Kier molecular flexibility index (Phi) is 9.22. The Hall–Kier alpha value is -3.96. The third-order valence-corrected chi connectivity index (χ3v) is 12.2. The van der Waals surface area contributed by atoms with Gasteiger partial charge < -0.3 is 13.9 Å². The first kappa shape index (κ1) is 31.0. The molecule has 7 nitrogen and oxygen atoms in total. The number of halogens is 3. The number of benzene rings is 3. The Balaban J connectivity index is 1.67. The molecular weight excluding hydrogens is 567 g/mol. The Labute approximate surface area is 243 Å². The van der Waals surface area contributed by atoms with E-state index < -0.39 is 49.6 Å². The van der Waals surface area contributed by atoms with Crippen molar-refractivity contribution in [1.29, 1.82) is 0 Å². The van der Waals surface area contributed by atoms with Crippen molar-refractivity contribution >= 4 is 36.7 Å². The highest BCUT2D eigenvalue weighted by molar-refractivity contribution is 6.99. The van der Waals surface area contributed by atoms with E-state index in [1.807, 2.05) is 81.4 Å². The van der Waals surface area contributed by atoms with Crippen LogP contribution in [0.2, 0.25) is 5.04 Å². The lowest BCUT2D eigenvalue weighted by molar-refractivity contribution is -0.204. The van der Waals surface area contributed by atoms with Crippen LogP contribution in [0.3, 0.4) is 0 Å². The maximum absolute atomic E-state index is 13.2. The maximum atomic E-state index is 13.2. The van der Waals surface area contributed by atoms with E-state index in [2.05, 4.69) is 4.74 Å². The van der Waals surface area contributed by atoms with Gasteiger partial charge in [-0.15, -0.1) is 0 Å². The zero-order valence-corrected chi connectivity index (χ0v) is 24.5. The lowest BCUT2D eigenvalue weighted by Gasteiger charge is -2.43. The van der Waals surface area contributed by atoms with Crippen molar-refractivity contribution in [2.45, 2.75) is 57.2 Å². The summed E-state index contributed by atoms with van der Waals surface area (Å²) in [6.45, 7) is 5.74. The van der Waals surface area contributed by atoms with Crippen LogP contribution >= 0.6 is 0 Å². The molecule has 42 heavy (non-hydrogen) atoms. The van der Waals surface area contributed by atoms with Crippen molar-refractivity contribution in [3.8, 4) is 0 Å². The molecular formula is C31H32F3NO6Si. The largest absolute Gasteiger partial charge is 0.490 e. The minimum Gasteiger partial charge on any atom is -0.445 e. The fraction of sp³-hybridized carbons (Fsp3) is 0.323. The Morgan fingerprint density at radius 2 is 1.36 bits per heavy atom. The van der Waals surface area contributed by atoms with Crippen LogP contribution in [0.4, 0.5) is 18.0 Å². The average Bonchev–Trinajstić information content (AvgIpc) is 3.27. The summed E-state index contributed by atoms with van der Waals surface area (Å²) in [6, 6.07) is 26.9. The van der Waals surface area contributed by atoms with Gasteiger partial charge in [-0.3, -0.25) is 4.79 Å². The highest BCUT2D eigenvalue weighted by atomic mass is 28.4. The second-order valence-corrected chi connectivity index (χ2v) is 15.3. The molecule has 4 rings (SSSR count). The molecule has 1 saturated heterocycles. The third-order valence-electron chi connectivity index (χ3n) is 7.16. The van der Waals surface area contributed by atoms with Crippen molar-refractivity contribution in [3.05, 3.63) is 96.6 Å². The molecule has 11 heteroatoms. The van der Waals surface area contributed by atoms with E-state index in [9.17, 15) is 27.6 Å². The molecule has 0 N–H and O–H groups in total. The van der Waals surface area contributed by atoms with Crippen LogP contribution in [-0.4, -0.2) is 56.1 Å². The first-order valence-corrected chi connectivity index (χ1v) is 15.3. The summed E-state index contributed by atoms with van der Waals surface area (Å²) in [6.07, 6.45) is -8.57. The van der Waals surface area contributed by atoms with E-state index in [4.69, 9.17) is 9.16 Å². The van der Waals surface area contributed by atoms with Gasteiger partial charge in [0, 0.05) is 6.42 Å². The molecule has 0 bridgehead atoms. The maximum Gasteiger partial charge on any atom is 0.490 e. The summed E-state index contributed by atoms with van der Waals surface area (Å²) in [5.41, 5.74) is 0.651. The normalized spacial score (nSPS) is 17.7. The van der Waals surface area contributed by atoms with Crippen LogP contribution in [0.1, 0.15) is 32.8 Å². The van der Waals surface area contributed by atoms with Crippen LogP contribution in [0, 0.1) is 0 Å². The van der Waals surface area contributed by atoms with Crippen LogP contribution < -0.4 is 10.4 Å². The van der Waals surface area contributed by atoms with Gasteiger partial charge in [0.25, 0.3) is 14.2 Å². The van der Waals surface area contributed by atoms with Gasteiger partial charge in [-0.1, -0.05) is 112 Å². The molecule has 0 saturated carbocycles. The summed E-state index contributed by atoms with van der Waals surface area (Å²) in [5.74, 6) is -3.60. The predicted molar refractivity (Wildman–Crippen MR) is 151 cm³/mol. The number of imide groups is 1. The van der Waals surface area contributed by atoms with Crippen molar-refractivity contribution < 1.29 is 41.5 Å². The molecule has 3 aromatic rings. The molecule has 0 aromatic heterocycles. The van der Waals surface area contributed by atoms with Crippen molar-refractivity contribution in [1.82, 2.24) is 4.90 Å². The number of hydrogen-bond acceptors (Lipinski definition) is 6. The molecule has 0 radical (unpaired) electrons. The summed E-state index contributed by atoms with van der Waals surface area (Å²) >= 11 is 0. The van der Waals surface area contributed by atoms with Crippen molar-refractivity contribution in [3.63, 3.8) is 0 Å². The Bertz CT molecular complexity index is 1340. The molecule has 1 heterocycles. The molecule has 1 fully saturated rings. The van der Waals surface area contributed by atoms with E-state index >= 15 is 0 Å². The molecule has 0 spiro atoms. The number of esters is 1. The highest BCUT2D eigenvalue weighted by Gasteiger charge is 2.54. The zero-order valence-electron chi connectivity index (χ0n) is 23.5. The fourth-order valence-corrected chi connectivity index (χ4v) is 9.83. The standard InChI is InChI=1S/C31H32F3NO6Si/c1-30(2,3)42(24-15-9-5-10-16-24,25-17-11-6-12-18-25)40-21-23-19-26(41-28(37)31(32,33)34)27(36)35(23)29(38)39-20-22-13-7-4-8-14-22/h4-18,23,26H,19-21H2,1-3H3/t23-,26-/m0/s1. The number of nitrogens with zero attached hydrogens (tertiary/aromatic N) is 1. The molecule has 1 aliphatic heterocycles. The van der Waals surface area contributed by atoms with Crippen molar-refractivity contribution in [2.24, 2.45) is 0 Å². The number of alkyl halides is 3. The van der Waals surface area contributed by atoms with E-state index in [1.165, 1.54) is 0 Å². The summed E-state index contributed by atoms with van der Waals surface area (Å²) in [4.78, 5) is 38.8. The fourth-order valence-electron chi connectivity index (χ4n) is 5.24. The number of rotatable bonds is 8. The minimum atomic E-state index is -5.30. The zero-order chi connectivity index (χ0) is 30.5. The van der Waals surface area contributed by atoms with Gasteiger partial charge in [-0.2, -0.15) is 13.2 Å². The highest BCUT2D eigenvalue weighted by Crippen LogP contribution is 2.38. The smallest absolute Gasteiger partial charge is 0.445 e. The Morgan fingerprint density at radius 1 is 0.857 bits per heavy atom. The summed E-state index contributed by atoms with van der Waals surface area (Å²) < 4.78 is 55.7. The number of carbonyl (C=O) groups is 3. The summed E-state index contributed by atoms with van der Waals surface area (Å²) in [7, 11) is -3.14. The van der Waals surface area contributed by atoms with Crippen LogP contribution in [-0.2, 0) is 30.1 Å². The predicted octanol–water partition coefficient (Wildman–Crippen LogP) is 4.97. The van der Waals surface area contributed by atoms with E-state index in [0.717, 1.165) is 15.3 Å². The summed E-state index contributed by atoms with van der Waals surface area (Å²) in [5, 5.41) is 1.43. The molecule has 0 unspecified atom stereocenters. The molecule has 3 aromatic carbocycles. The van der Waals surface area contributed by atoms with Gasteiger partial charge in [-0.25, -0.2) is 14.5 Å². The molecule has 222 valence electrons. The number of amides is 2. The van der Waals surface area contributed by atoms with Crippen LogP contribution in [0.25, 0.3) is 0 Å². The lowest BCUT2D eigenvalue weighted by Crippen LogP contribution is -2.67. The van der Waals surface area contributed by atoms with Gasteiger partial charge >= 0.3 is 18.2 Å². The quantitative estimate of drug-likeness (QED) is 0.269. The molecule has 2 atom stereocenters. The molecule has 1 aliphatic rings. The monoisotopic (exact) mass is 599 g/mol. The van der Waals surface area contributed by atoms with Gasteiger partial charge in [0.1, 0.15) is 6.61 Å². The number of hydrogen-bond donors (Lipinski definition) is 0. The first-order valence-electron chi connectivity index (χ1n) is 13.4. The first-order chi connectivity index (χ1) is 19.8. The van der Waals surface area contributed by atoms with Gasteiger partial charge in [0.05, 0.1) is 12.6 Å². The van der Waals surface area contributed by atoms with E-state index in [-0.39, 0.29) is 19.6 Å². The number of likely N-dealkylation sites (tertiary alicyclic amines) is 1. The minimum absolute atomic E-state index is 0.168. The van der Waals surface area contributed by atoms with Gasteiger partial charge in [0.2, 0.25) is 0 Å². The third kappa shape index (κ3) is 6.57. The number of ether oxygens (including phenoxy) is 2. The van der Waals surface area contributed by atoms with E-state index in [0.29, 0.717) is 5.56 Å². The van der Waals surface area contributed by atoms with E-state index in [1.54, 1.807) is 30.3 Å². The second-order valence-electron chi connectivity index (χ2n) is 11.0.